The highest BCUT2D eigenvalue weighted by molar-refractivity contribution is 5.82. The third-order valence-corrected chi connectivity index (χ3v) is 11.2. The summed E-state index contributed by atoms with van der Waals surface area (Å²) in [4.78, 5) is 30.2. The summed E-state index contributed by atoms with van der Waals surface area (Å²) in [6.45, 7) is 11.2. The third kappa shape index (κ3) is 8.02. The van der Waals surface area contributed by atoms with Gasteiger partial charge in [-0.05, 0) is 88.8 Å². The van der Waals surface area contributed by atoms with Crippen LogP contribution in [-0.2, 0) is 14.3 Å². The molecule has 3 saturated heterocycles. The van der Waals surface area contributed by atoms with E-state index in [1.54, 1.807) is 0 Å². The summed E-state index contributed by atoms with van der Waals surface area (Å²) in [6.07, 6.45) is 14.6. The number of hydrazine groups is 1. The molecular formula is C32H58N6O3. The predicted octanol–water partition coefficient (Wildman–Crippen LogP) is 2.76. The molecule has 0 aromatic heterocycles. The summed E-state index contributed by atoms with van der Waals surface area (Å²) in [5, 5.41) is 9.28. The molecule has 3 aliphatic heterocycles. The lowest BCUT2D eigenvalue weighted by atomic mass is 9.68. The zero-order valence-electron chi connectivity index (χ0n) is 26.1. The lowest BCUT2D eigenvalue weighted by Crippen LogP contribution is -2.60. The van der Waals surface area contributed by atoms with Gasteiger partial charge in [0.05, 0.1) is 7.11 Å². The quantitative estimate of drug-likeness (QED) is 0.363. The molecule has 3 heterocycles. The van der Waals surface area contributed by atoms with Crippen LogP contribution in [0.15, 0.2) is 0 Å². The molecule has 6 unspecified atom stereocenters. The molecule has 41 heavy (non-hydrogen) atoms. The number of hydrogen-bond donors (Lipinski definition) is 3. The Hall–Kier alpha value is -1.26. The fourth-order valence-corrected chi connectivity index (χ4v) is 8.79. The first-order valence-corrected chi connectivity index (χ1v) is 17.0. The first-order valence-electron chi connectivity index (χ1n) is 17.0. The Kier molecular flexibility index (Phi) is 11.4. The lowest BCUT2D eigenvalue weighted by Gasteiger charge is -2.50. The molecule has 0 radical (unpaired) electrons. The molecule has 0 aromatic rings. The Labute approximate surface area is 248 Å². The van der Waals surface area contributed by atoms with Crippen molar-refractivity contribution < 1.29 is 14.3 Å². The number of nitrogens with one attached hydrogen (secondary N) is 3. The van der Waals surface area contributed by atoms with E-state index in [1.807, 2.05) is 0 Å². The van der Waals surface area contributed by atoms with Gasteiger partial charge in [0, 0.05) is 56.3 Å². The van der Waals surface area contributed by atoms with E-state index < -0.39 is 5.97 Å². The van der Waals surface area contributed by atoms with Crippen molar-refractivity contribution in [1.29, 1.82) is 0 Å². The number of methoxy groups -OCH3 is 1. The topological polar surface area (TPSA) is 89.2 Å². The van der Waals surface area contributed by atoms with E-state index in [9.17, 15) is 9.59 Å². The van der Waals surface area contributed by atoms with Gasteiger partial charge < -0.3 is 15.4 Å². The Morgan fingerprint density at radius 1 is 0.927 bits per heavy atom. The number of rotatable bonds is 9. The lowest BCUT2D eigenvalue weighted by molar-refractivity contribution is -0.141. The molecule has 2 saturated carbocycles. The summed E-state index contributed by atoms with van der Waals surface area (Å²) < 4.78 is 4.75. The second-order valence-corrected chi connectivity index (χ2v) is 14.0. The molecule has 0 spiro atoms. The number of hydrogen-bond acceptors (Lipinski definition) is 8. The van der Waals surface area contributed by atoms with Crippen molar-refractivity contribution in [1.82, 2.24) is 30.9 Å². The highest BCUT2D eigenvalue weighted by atomic mass is 16.5. The maximum absolute atomic E-state index is 13.1. The van der Waals surface area contributed by atoms with Gasteiger partial charge in [0.25, 0.3) is 0 Å². The smallest absolute Gasteiger partial charge is 0.325 e. The molecule has 9 heteroatoms. The van der Waals surface area contributed by atoms with Gasteiger partial charge in [-0.2, -0.15) is 0 Å². The number of esters is 1. The van der Waals surface area contributed by atoms with Crippen molar-refractivity contribution >= 4 is 11.9 Å². The monoisotopic (exact) mass is 574 g/mol. The van der Waals surface area contributed by atoms with Crippen LogP contribution in [0.1, 0.15) is 90.9 Å². The third-order valence-electron chi connectivity index (χ3n) is 11.2. The molecule has 0 bridgehead atoms. The second kappa shape index (κ2) is 15.0. The Morgan fingerprint density at radius 3 is 2.54 bits per heavy atom. The number of carbonyl (C=O) groups excluding carboxylic acids is 2. The number of piperidine rings is 1. The van der Waals surface area contributed by atoms with Crippen LogP contribution < -0.4 is 16.1 Å². The summed E-state index contributed by atoms with van der Waals surface area (Å²) in [5.74, 6) is 1.93. The Balaban J connectivity index is 1.25. The SMILES string of the molecule is COC(=O)CNC(=O)CC(C1CCN(C2CCCCC2)N1)N1CCCN(C2CC(C(C)C)CC3CCCNC32)CC1. The van der Waals surface area contributed by atoms with E-state index in [2.05, 4.69) is 44.7 Å². The first-order chi connectivity index (χ1) is 19.9. The molecule has 6 atom stereocenters. The van der Waals surface area contributed by atoms with Crippen LogP contribution in [0.2, 0.25) is 0 Å². The zero-order valence-corrected chi connectivity index (χ0v) is 26.1. The van der Waals surface area contributed by atoms with Gasteiger partial charge in [0.15, 0.2) is 0 Å². The van der Waals surface area contributed by atoms with Crippen molar-refractivity contribution in [2.45, 2.75) is 121 Å². The maximum Gasteiger partial charge on any atom is 0.325 e. The largest absolute Gasteiger partial charge is 0.468 e. The summed E-state index contributed by atoms with van der Waals surface area (Å²) in [6, 6.07) is 2.26. The van der Waals surface area contributed by atoms with Gasteiger partial charge in [-0.1, -0.05) is 33.1 Å². The van der Waals surface area contributed by atoms with Crippen LogP contribution in [0.25, 0.3) is 0 Å². The molecule has 2 aliphatic carbocycles. The Morgan fingerprint density at radius 2 is 1.76 bits per heavy atom. The molecule has 3 N–H and O–H groups in total. The molecular weight excluding hydrogens is 516 g/mol. The predicted molar refractivity (Wildman–Crippen MR) is 162 cm³/mol. The average molecular weight is 575 g/mol. The maximum atomic E-state index is 13.1. The van der Waals surface area contributed by atoms with Crippen LogP contribution in [0.3, 0.4) is 0 Å². The molecule has 5 rings (SSSR count). The van der Waals surface area contributed by atoms with Gasteiger partial charge in [-0.25, -0.2) is 5.01 Å². The van der Waals surface area contributed by atoms with Crippen LogP contribution in [0.4, 0.5) is 0 Å². The standard InChI is InChI=1S/C32H58N6O3/c1-23(2)25-19-24-9-7-13-33-32(24)29(20-25)37-15-8-14-36(17-18-37)28(21-30(39)34-22-31(40)41-3)27-12-16-38(35-27)26-10-5-4-6-11-26/h23-29,32-33,35H,4-22H2,1-3H3,(H,34,39). The minimum absolute atomic E-state index is 0.0549. The van der Waals surface area contributed by atoms with Gasteiger partial charge in [-0.3, -0.25) is 24.8 Å². The van der Waals surface area contributed by atoms with Crippen molar-refractivity contribution in [3.63, 3.8) is 0 Å². The molecule has 234 valence electrons. The normalized spacial score (nSPS) is 33.7. The minimum Gasteiger partial charge on any atom is -0.468 e. The molecule has 1 amide bonds. The number of fused-ring (bicyclic) bond motifs is 1. The van der Waals surface area contributed by atoms with Crippen LogP contribution >= 0.6 is 0 Å². The number of ether oxygens (including phenoxy) is 1. The van der Waals surface area contributed by atoms with Gasteiger partial charge in [0.2, 0.25) is 5.91 Å². The molecule has 5 fully saturated rings. The van der Waals surface area contributed by atoms with Gasteiger partial charge in [0.1, 0.15) is 6.54 Å². The summed E-state index contributed by atoms with van der Waals surface area (Å²) in [5.41, 5.74) is 3.89. The van der Waals surface area contributed by atoms with Crippen molar-refractivity contribution in [3.8, 4) is 0 Å². The number of nitrogens with zero attached hydrogens (tertiary/aromatic N) is 3. The second-order valence-electron chi connectivity index (χ2n) is 14.0. The summed E-state index contributed by atoms with van der Waals surface area (Å²) >= 11 is 0. The van der Waals surface area contributed by atoms with Crippen molar-refractivity contribution in [2.75, 3.05) is 52.9 Å². The van der Waals surface area contributed by atoms with Gasteiger partial charge >= 0.3 is 5.97 Å². The minimum atomic E-state index is -0.399. The van der Waals surface area contributed by atoms with Crippen LogP contribution in [-0.4, -0.2) is 110 Å². The fourth-order valence-electron chi connectivity index (χ4n) is 8.79. The van der Waals surface area contributed by atoms with E-state index in [0.29, 0.717) is 24.5 Å². The highest BCUT2D eigenvalue weighted by Gasteiger charge is 2.43. The van der Waals surface area contributed by atoms with E-state index in [4.69, 9.17) is 4.74 Å². The van der Waals surface area contributed by atoms with E-state index in [-0.39, 0.29) is 24.5 Å². The van der Waals surface area contributed by atoms with Crippen LogP contribution in [0, 0.1) is 17.8 Å². The van der Waals surface area contributed by atoms with Gasteiger partial charge in [-0.15, -0.1) is 0 Å². The van der Waals surface area contributed by atoms with Crippen LogP contribution in [0.5, 0.6) is 0 Å². The van der Waals surface area contributed by atoms with E-state index >= 15 is 0 Å². The van der Waals surface area contributed by atoms with Crippen molar-refractivity contribution in [3.05, 3.63) is 0 Å². The fraction of sp³-hybridized carbons (Fsp3) is 0.938. The number of carbonyl (C=O) groups is 2. The Bertz CT molecular complexity index is 851. The zero-order chi connectivity index (χ0) is 28.8. The molecule has 5 aliphatic rings. The van der Waals surface area contributed by atoms with E-state index in [1.165, 1.54) is 64.9 Å². The van der Waals surface area contributed by atoms with Crippen molar-refractivity contribution in [2.24, 2.45) is 17.8 Å². The summed E-state index contributed by atoms with van der Waals surface area (Å²) in [7, 11) is 1.36. The highest BCUT2D eigenvalue weighted by Crippen LogP contribution is 2.40. The molecule has 9 nitrogen and oxygen atoms in total. The number of amides is 1. The average Bonchev–Trinajstić information content (AvgIpc) is 3.36. The van der Waals surface area contributed by atoms with E-state index in [0.717, 1.165) is 69.9 Å². The molecule has 0 aromatic carbocycles. The first kappa shape index (κ1) is 31.2.